The highest BCUT2D eigenvalue weighted by Crippen LogP contribution is 2.30. The minimum Gasteiger partial charge on any atom is -0.496 e. The second kappa shape index (κ2) is 5.86. The van der Waals surface area contributed by atoms with Crippen molar-refractivity contribution < 1.29 is 9.13 Å². The molecule has 0 atom stereocenters. The van der Waals surface area contributed by atoms with Crippen LogP contribution in [0.4, 0.5) is 4.39 Å². The fourth-order valence-electron chi connectivity index (χ4n) is 2.69. The van der Waals surface area contributed by atoms with Crippen molar-refractivity contribution >= 4 is 28.2 Å². The van der Waals surface area contributed by atoms with Gasteiger partial charge in [-0.3, -0.25) is 4.79 Å². The molecule has 2 aromatic heterocycles. The molecule has 0 bridgehead atoms. The van der Waals surface area contributed by atoms with Crippen LogP contribution in [-0.2, 0) is 0 Å². The predicted octanol–water partition coefficient (Wildman–Crippen LogP) is 2.91. The van der Waals surface area contributed by atoms with Gasteiger partial charge < -0.3 is 9.72 Å². The van der Waals surface area contributed by atoms with E-state index in [1.54, 1.807) is 19.2 Å². The van der Waals surface area contributed by atoms with Crippen molar-refractivity contribution in [3.8, 4) is 5.75 Å². The second-order valence-corrected chi connectivity index (χ2v) is 5.42. The first-order chi connectivity index (χ1) is 12.2. The van der Waals surface area contributed by atoms with Gasteiger partial charge >= 0.3 is 0 Å². The Morgan fingerprint density at radius 3 is 2.80 bits per heavy atom. The Bertz CT molecular complexity index is 1160. The smallest absolute Gasteiger partial charge is 0.298 e. The molecule has 0 amide bonds. The van der Waals surface area contributed by atoms with Gasteiger partial charge in [-0.25, -0.2) is 9.37 Å². The Labute approximate surface area is 141 Å². The number of methoxy groups -OCH3 is 1. The lowest BCUT2D eigenvalue weighted by atomic mass is 10.2. The Kier molecular flexibility index (Phi) is 3.53. The van der Waals surface area contributed by atoms with Crippen LogP contribution in [0, 0.1) is 5.82 Å². The van der Waals surface area contributed by atoms with Gasteiger partial charge in [0.15, 0.2) is 0 Å². The van der Waals surface area contributed by atoms with E-state index in [1.165, 1.54) is 24.7 Å². The molecular weight excluding hydrogens is 323 g/mol. The zero-order chi connectivity index (χ0) is 17.4. The summed E-state index contributed by atoms with van der Waals surface area (Å²) >= 11 is 0. The maximum atomic E-state index is 12.9. The summed E-state index contributed by atoms with van der Waals surface area (Å²) in [6.07, 6.45) is 2.82. The van der Waals surface area contributed by atoms with Gasteiger partial charge in [0.2, 0.25) is 0 Å². The molecule has 124 valence electrons. The molecule has 0 saturated heterocycles. The highest BCUT2D eigenvalue weighted by Gasteiger charge is 2.13. The molecule has 0 radical (unpaired) electrons. The highest BCUT2D eigenvalue weighted by molar-refractivity contribution is 6.07. The number of H-pyrrole nitrogens is 1. The van der Waals surface area contributed by atoms with Crippen LogP contribution in [0.2, 0.25) is 0 Å². The number of benzene rings is 2. The highest BCUT2D eigenvalue weighted by atomic mass is 19.1. The van der Waals surface area contributed by atoms with Crippen LogP contribution in [0.15, 0.2) is 58.7 Å². The topological polar surface area (TPSA) is 72.3 Å². The average molecular weight is 336 g/mol. The summed E-state index contributed by atoms with van der Waals surface area (Å²) in [5.41, 5.74) is 1.98. The van der Waals surface area contributed by atoms with Crippen LogP contribution < -0.4 is 10.3 Å². The number of nitrogens with one attached hydrogen (secondary N) is 1. The van der Waals surface area contributed by atoms with E-state index in [-0.39, 0.29) is 11.4 Å². The fraction of sp³-hybridized carbons (Fsp3) is 0.0556. The van der Waals surface area contributed by atoms with Crippen LogP contribution in [0.1, 0.15) is 5.56 Å². The fourth-order valence-corrected chi connectivity index (χ4v) is 2.69. The summed E-state index contributed by atoms with van der Waals surface area (Å²) in [5.74, 6) is 0.313. The summed E-state index contributed by atoms with van der Waals surface area (Å²) in [6, 6.07) is 11.3. The molecule has 0 aliphatic heterocycles. The van der Waals surface area contributed by atoms with E-state index in [1.807, 2.05) is 18.2 Å². The Hall–Kier alpha value is -3.48. The average Bonchev–Trinajstić information content (AvgIpc) is 3.02. The van der Waals surface area contributed by atoms with Crippen molar-refractivity contribution in [3.05, 3.63) is 70.5 Å². The van der Waals surface area contributed by atoms with E-state index in [9.17, 15) is 9.18 Å². The number of hydrogen-bond acceptors (Lipinski definition) is 4. The Balaban J connectivity index is 1.84. The molecule has 1 N–H and O–H groups in total. The Morgan fingerprint density at radius 1 is 1.24 bits per heavy atom. The molecule has 0 fully saturated rings. The van der Waals surface area contributed by atoms with Crippen LogP contribution in [-0.4, -0.2) is 28.0 Å². The van der Waals surface area contributed by atoms with E-state index in [0.717, 1.165) is 15.6 Å². The van der Waals surface area contributed by atoms with Crippen molar-refractivity contribution in [3.63, 3.8) is 0 Å². The van der Waals surface area contributed by atoms with Crippen LogP contribution >= 0.6 is 0 Å². The third kappa shape index (κ3) is 2.55. The summed E-state index contributed by atoms with van der Waals surface area (Å²) in [5, 5.41) is 4.87. The molecule has 4 aromatic rings. The third-order valence-electron chi connectivity index (χ3n) is 3.90. The van der Waals surface area contributed by atoms with Crippen molar-refractivity contribution in [1.29, 1.82) is 0 Å². The standard InChI is InChI=1S/C18H13FN4O2/c1-25-14-4-2-3-13-15(14)16-17(22-13)18(24)23(10-20-16)21-9-11-5-7-12(19)8-6-11/h2-10,22H,1H3. The van der Waals surface area contributed by atoms with E-state index in [4.69, 9.17) is 4.74 Å². The molecule has 0 unspecified atom stereocenters. The lowest BCUT2D eigenvalue weighted by Crippen LogP contribution is -2.17. The summed E-state index contributed by atoms with van der Waals surface area (Å²) in [7, 11) is 1.57. The first-order valence-electron chi connectivity index (χ1n) is 7.53. The molecule has 0 aliphatic rings. The van der Waals surface area contributed by atoms with E-state index in [0.29, 0.717) is 22.3 Å². The lowest BCUT2D eigenvalue weighted by Gasteiger charge is -2.01. The molecule has 6 nitrogen and oxygen atoms in total. The van der Waals surface area contributed by atoms with Gasteiger partial charge in [0.05, 0.1) is 24.2 Å². The minimum atomic E-state index is -0.332. The van der Waals surface area contributed by atoms with Gasteiger partial charge in [-0.05, 0) is 29.8 Å². The number of aromatic nitrogens is 3. The van der Waals surface area contributed by atoms with E-state index < -0.39 is 0 Å². The van der Waals surface area contributed by atoms with Gasteiger partial charge in [0.25, 0.3) is 5.56 Å². The van der Waals surface area contributed by atoms with Crippen LogP contribution in [0.5, 0.6) is 5.75 Å². The molecule has 0 saturated carbocycles. The third-order valence-corrected chi connectivity index (χ3v) is 3.90. The van der Waals surface area contributed by atoms with Gasteiger partial charge in [-0.2, -0.15) is 9.78 Å². The summed E-state index contributed by atoms with van der Waals surface area (Å²) < 4.78 is 19.4. The number of ether oxygens (including phenoxy) is 1. The molecule has 0 spiro atoms. The number of halogens is 1. The SMILES string of the molecule is COc1cccc2[nH]c3c(=O)n(N=Cc4ccc(F)cc4)cnc3c12. The minimum absolute atomic E-state index is 0.329. The van der Waals surface area contributed by atoms with Gasteiger partial charge in [0.1, 0.15) is 28.9 Å². The van der Waals surface area contributed by atoms with Crippen LogP contribution in [0.3, 0.4) is 0 Å². The van der Waals surface area contributed by atoms with E-state index >= 15 is 0 Å². The number of hydrogen-bond donors (Lipinski definition) is 1. The zero-order valence-corrected chi connectivity index (χ0v) is 13.2. The van der Waals surface area contributed by atoms with Gasteiger partial charge in [-0.1, -0.05) is 18.2 Å². The maximum Gasteiger partial charge on any atom is 0.298 e. The van der Waals surface area contributed by atoms with Gasteiger partial charge in [-0.15, -0.1) is 0 Å². The number of nitrogens with zero attached hydrogens (tertiary/aromatic N) is 3. The van der Waals surface area contributed by atoms with Crippen molar-refractivity contribution in [2.75, 3.05) is 7.11 Å². The molecular formula is C18H13FN4O2. The lowest BCUT2D eigenvalue weighted by molar-refractivity contribution is 0.420. The molecule has 0 aliphatic carbocycles. The van der Waals surface area contributed by atoms with Crippen molar-refractivity contribution in [2.45, 2.75) is 0 Å². The zero-order valence-electron chi connectivity index (χ0n) is 13.2. The molecule has 2 heterocycles. The first kappa shape index (κ1) is 15.1. The number of fused-ring (bicyclic) bond motifs is 3. The number of rotatable bonds is 3. The molecule has 25 heavy (non-hydrogen) atoms. The quantitative estimate of drug-likeness (QED) is 0.585. The molecule has 7 heteroatoms. The summed E-state index contributed by atoms with van der Waals surface area (Å²) in [4.78, 5) is 20.1. The second-order valence-electron chi connectivity index (χ2n) is 5.42. The molecule has 4 rings (SSSR count). The largest absolute Gasteiger partial charge is 0.496 e. The molecule has 2 aromatic carbocycles. The Morgan fingerprint density at radius 2 is 2.04 bits per heavy atom. The monoisotopic (exact) mass is 336 g/mol. The number of aromatic amines is 1. The maximum absolute atomic E-state index is 12.9. The van der Waals surface area contributed by atoms with Crippen LogP contribution in [0.25, 0.3) is 21.9 Å². The van der Waals surface area contributed by atoms with Crippen molar-refractivity contribution in [2.24, 2.45) is 5.10 Å². The van der Waals surface area contributed by atoms with E-state index in [2.05, 4.69) is 15.1 Å². The predicted molar refractivity (Wildman–Crippen MR) is 93.8 cm³/mol. The summed E-state index contributed by atoms with van der Waals surface area (Å²) in [6.45, 7) is 0. The normalized spacial score (nSPS) is 11.6. The first-order valence-corrected chi connectivity index (χ1v) is 7.53. The van der Waals surface area contributed by atoms with Gasteiger partial charge in [0, 0.05) is 0 Å². The van der Waals surface area contributed by atoms with Crippen molar-refractivity contribution in [1.82, 2.24) is 14.6 Å².